The van der Waals surface area contributed by atoms with Crippen LogP contribution < -0.4 is 9.64 Å². The number of nitriles is 1. The predicted molar refractivity (Wildman–Crippen MR) is 117 cm³/mol. The summed E-state index contributed by atoms with van der Waals surface area (Å²) < 4.78 is 13.9. The van der Waals surface area contributed by atoms with E-state index >= 15 is 0 Å². The van der Waals surface area contributed by atoms with Gasteiger partial charge in [-0.1, -0.05) is 24.8 Å². The van der Waals surface area contributed by atoms with E-state index in [4.69, 9.17) is 14.7 Å². The average molecular weight is 428 g/mol. The number of ether oxygens (including phenoxy) is 2. The molecule has 8 heteroatoms. The Morgan fingerprint density at radius 2 is 2.13 bits per heavy atom. The Kier molecular flexibility index (Phi) is 7.13. The van der Waals surface area contributed by atoms with Crippen molar-refractivity contribution in [2.75, 3.05) is 37.0 Å². The lowest BCUT2D eigenvalue weighted by Gasteiger charge is -2.31. The van der Waals surface area contributed by atoms with Crippen LogP contribution in [0.3, 0.4) is 0 Å². The summed E-state index contributed by atoms with van der Waals surface area (Å²) >= 11 is 1.66. The van der Waals surface area contributed by atoms with Crippen LogP contribution in [0.5, 0.6) is 5.75 Å². The predicted octanol–water partition coefficient (Wildman–Crippen LogP) is 3.74. The second kappa shape index (κ2) is 10.2. The fourth-order valence-corrected chi connectivity index (χ4v) is 4.69. The summed E-state index contributed by atoms with van der Waals surface area (Å²) in [5, 5.41) is 19.0. The van der Waals surface area contributed by atoms with Gasteiger partial charge in [-0.3, -0.25) is 4.57 Å². The molecule has 2 aliphatic rings. The molecule has 2 aromatic rings. The molecule has 3 heterocycles. The van der Waals surface area contributed by atoms with Crippen LogP contribution in [0.1, 0.15) is 38.2 Å². The largest absolute Gasteiger partial charge is 0.493 e. The molecule has 0 amide bonds. The lowest BCUT2D eigenvalue weighted by Crippen LogP contribution is -2.35. The minimum Gasteiger partial charge on any atom is -0.493 e. The smallest absolute Gasteiger partial charge is 0.228 e. The molecular weight excluding hydrogens is 398 g/mol. The lowest BCUT2D eigenvalue weighted by atomic mass is 10.00. The fourth-order valence-electron chi connectivity index (χ4n) is 3.93. The van der Waals surface area contributed by atoms with Crippen LogP contribution in [0.4, 0.5) is 5.95 Å². The highest BCUT2D eigenvalue weighted by Gasteiger charge is 2.25. The first-order valence-electron chi connectivity index (χ1n) is 10.8. The maximum Gasteiger partial charge on any atom is 0.228 e. The molecule has 30 heavy (non-hydrogen) atoms. The first-order valence-corrected chi connectivity index (χ1v) is 11.8. The van der Waals surface area contributed by atoms with Crippen LogP contribution in [0.25, 0.3) is 0 Å². The molecule has 7 nitrogen and oxygen atoms in total. The topological polar surface area (TPSA) is 76.2 Å². The van der Waals surface area contributed by atoms with Gasteiger partial charge in [0.2, 0.25) is 5.95 Å². The third-order valence-corrected chi connectivity index (χ3v) is 6.65. The van der Waals surface area contributed by atoms with Crippen molar-refractivity contribution in [2.24, 2.45) is 5.92 Å². The summed E-state index contributed by atoms with van der Waals surface area (Å²) in [5.74, 6) is 3.24. The third-order valence-electron chi connectivity index (χ3n) is 5.72. The van der Waals surface area contributed by atoms with Crippen molar-refractivity contribution < 1.29 is 9.47 Å². The van der Waals surface area contributed by atoms with Gasteiger partial charge < -0.3 is 14.4 Å². The molecule has 2 aliphatic heterocycles. The van der Waals surface area contributed by atoms with E-state index in [0.29, 0.717) is 12.2 Å². The summed E-state index contributed by atoms with van der Waals surface area (Å²) in [6.07, 6.45) is 4.86. The van der Waals surface area contributed by atoms with Gasteiger partial charge in [-0.25, -0.2) is 0 Å². The molecule has 0 radical (unpaired) electrons. The van der Waals surface area contributed by atoms with Crippen LogP contribution in [0.15, 0.2) is 29.4 Å². The van der Waals surface area contributed by atoms with Gasteiger partial charge in [0.15, 0.2) is 5.16 Å². The molecule has 1 unspecified atom stereocenters. The molecule has 1 aromatic heterocycles. The first kappa shape index (κ1) is 21.0. The number of piperidine rings is 1. The molecule has 4 rings (SSSR count). The number of aromatic nitrogens is 3. The number of thioether (sulfide) groups is 1. The van der Waals surface area contributed by atoms with E-state index in [2.05, 4.69) is 32.7 Å². The molecule has 0 N–H and O–H groups in total. The average Bonchev–Trinajstić information content (AvgIpc) is 3.43. The Bertz CT molecular complexity index is 867. The molecule has 0 spiro atoms. The maximum atomic E-state index is 9.01. The van der Waals surface area contributed by atoms with Crippen molar-refractivity contribution in [1.82, 2.24) is 14.8 Å². The van der Waals surface area contributed by atoms with Crippen LogP contribution >= 0.6 is 11.8 Å². The highest BCUT2D eigenvalue weighted by Crippen LogP contribution is 2.28. The lowest BCUT2D eigenvalue weighted by molar-refractivity contribution is 0.0951. The zero-order chi connectivity index (χ0) is 20.8. The normalized spacial score (nSPS) is 19.7. The molecule has 2 saturated heterocycles. The van der Waals surface area contributed by atoms with Gasteiger partial charge in [-0.05, 0) is 49.8 Å². The Morgan fingerprint density at radius 1 is 1.27 bits per heavy atom. The minimum atomic E-state index is 0.243. The van der Waals surface area contributed by atoms with Crippen molar-refractivity contribution in [1.29, 1.82) is 5.26 Å². The van der Waals surface area contributed by atoms with Gasteiger partial charge in [-0.2, -0.15) is 5.26 Å². The van der Waals surface area contributed by atoms with Crippen molar-refractivity contribution in [3.8, 4) is 11.8 Å². The zero-order valence-electron chi connectivity index (χ0n) is 17.5. The van der Waals surface area contributed by atoms with Crippen LogP contribution in [-0.2, 0) is 11.3 Å². The van der Waals surface area contributed by atoms with E-state index in [1.165, 1.54) is 12.8 Å². The minimum absolute atomic E-state index is 0.243. The first-order chi connectivity index (χ1) is 14.7. The molecule has 0 saturated carbocycles. The van der Waals surface area contributed by atoms with E-state index in [9.17, 15) is 0 Å². The van der Waals surface area contributed by atoms with Crippen molar-refractivity contribution in [2.45, 2.75) is 50.4 Å². The second-order valence-corrected chi connectivity index (χ2v) is 9.10. The standard InChI is InChI=1S/C22H29N5O2S/c1-17-7-9-26(10-8-17)21-24-25-22(27(21)16-20-6-3-11-28-20)30-13-12-29-19-5-2-4-18(14-19)15-23/h2,4-5,14,17,20H,3,6-13,16H2,1H3. The highest BCUT2D eigenvalue weighted by molar-refractivity contribution is 7.99. The Morgan fingerprint density at radius 3 is 2.90 bits per heavy atom. The van der Waals surface area contributed by atoms with Crippen LogP contribution in [0, 0.1) is 17.2 Å². The van der Waals surface area contributed by atoms with Crippen molar-refractivity contribution >= 4 is 17.7 Å². The number of hydrogen-bond donors (Lipinski definition) is 0. The van der Waals surface area contributed by atoms with Crippen molar-refractivity contribution in [3.63, 3.8) is 0 Å². The quantitative estimate of drug-likeness (QED) is 0.469. The van der Waals surface area contributed by atoms with Gasteiger partial charge >= 0.3 is 0 Å². The van der Waals surface area contributed by atoms with Gasteiger partial charge in [0.25, 0.3) is 0 Å². The fraction of sp³-hybridized carbons (Fsp3) is 0.591. The molecule has 160 valence electrons. The van der Waals surface area contributed by atoms with E-state index in [-0.39, 0.29) is 6.10 Å². The second-order valence-electron chi connectivity index (χ2n) is 8.03. The molecule has 0 aliphatic carbocycles. The van der Waals surface area contributed by atoms with Crippen LogP contribution in [0.2, 0.25) is 0 Å². The van der Waals surface area contributed by atoms with E-state index < -0.39 is 0 Å². The number of benzene rings is 1. The van der Waals surface area contributed by atoms with Gasteiger partial charge in [0.1, 0.15) is 5.75 Å². The van der Waals surface area contributed by atoms with Gasteiger partial charge in [0, 0.05) is 25.4 Å². The summed E-state index contributed by atoms with van der Waals surface area (Å²) in [6.45, 7) is 6.59. The number of nitrogens with zero attached hydrogens (tertiary/aromatic N) is 5. The van der Waals surface area contributed by atoms with E-state index in [1.54, 1.807) is 23.9 Å². The highest BCUT2D eigenvalue weighted by atomic mass is 32.2. The summed E-state index contributed by atoms with van der Waals surface area (Å²) in [6, 6.07) is 9.39. The van der Waals surface area contributed by atoms with Crippen LogP contribution in [-0.4, -0.2) is 52.9 Å². The maximum absolute atomic E-state index is 9.01. The molecule has 1 atom stereocenters. The monoisotopic (exact) mass is 427 g/mol. The summed E-state index contributed by atoms with van der Waals surface area (Å²) in [4.78, 5) is 2.37. The van der Waals surface area contributed by atoms with Gasteiger partial charge in [-0.15, -0.1) is 10.2 Å². The third kappa shape index (κ3) is 5.27. The molecule has 1 aromatic carbocycles. The van der Waals surface area contributed by atoms with E-state index in [0.717, 1.165) is 67.6 Å². The Labute approximate surface area is 182 Å². The number of hydrogen-bond acceptors (Lipinski definition) is 7. The number of anilines is 1. The molecule has 0 bridgehead atoms. The van der Waals surface area contributed by atoms with Gasteiger partial charge in [0.05, 0.1) is 30.9 Å². The SMILES string of the molecule is CC1CCN(c2nnc(SCCOc3cccc(C#N)c3)n2CC2CCCO2)CC1. The molecular formula is C22H29N5O2S. The summed E-state index contributed by atoms with van der Waals surface area (Å²) in [5.41, 5.74) is 0.608. The van der Waals surface area contributed by atoms with E-state index in [1.807, 2.05) is 12.1 Å². The number of rotatable bonds is 8. The Balaban J connectivity index is 1.39. The molecule has 2 fully saturated rings. The Hall–Kier alpha value is -2.24. The van der Waals surface area contributed by atoms with Crippen molar-refractivity contribution in [3.05, 3.63) is 29.8 Å². The zero-order valence-corrected chi connectivity index (χ0v) is 18.3. The summed E-state index contributed by atoms with van der Waals surface area (Å²) in [7, 11) is 0.